The van der Waals surface area contributed by atoms with Gasteiger partial charge in [-0.05, 0) is 17.7 Å². The molecule has 1 aromatic heterocycles. The number of hydrogen-bond donors (Lipinski definition) is 1. The normalized spacial score (nSPS) is 18.7. The third-order valence-electron chi connectivity index (χ3n) is 3.66. The molecule has 1 saturated heterocycles. The lowest BCUT2D eigenvalue weighted by atomic mass is 10.1. The van der Waals surface area contributed by atoms with Crippen LogP contribution in [0.25, 0.3) is 10.9 Å². The Kier molecular flexibility index (Phi) is 3.10. The Morgan fingerprint density at radius 2 is 2.15 bits per heavy atom. The number of fused-ring (bicyclic) bond motifs is 1. The van der Waals surface area contributed by atoms with Crippen LogP contribution in [0.3, 0.4) is 0 Å². The predicted molar refractivity (Wildman–Crippen MR) is 72.9 cm³/mol. The topological polar surface area (TPSA) is 70.5 Å². The SMILES string of the molecule is O=C(O)C1CC(=O)N(Cc2ccnc3ccccc23)C1. The second-order valence-electron chi connectivity index (χ2n) is 5.00. The predicted octanol–water partition coefficient (Wildman–Crippen LogP) is 1.67. The van der Waals surface area contributed by atoms with Crippen molar-refractivity contribution in [2.45, 2.75) is 13.0 Å². The van der Waals surface area contributed by atoms with Gasteiger partial charge in [0.25, 0.3) is 0 Å². The molecule has 3 rings (SSSR count). The fraction of sp³-hybridized carbons (Fsp3) is 0.267. The van der Waals surface area contributed by atoms with Crippen LogP contribution in [0.4, 0.5) is 0 Å². The number of carbonyl (C=O) groups is 2. The number of hydrogen-bond acceptors (Lipinski definition) is 3. The van der Waals surface area contributed by atoms with Crippen LogP contribution in [0, 0.1) is 5.92 Å². The summed E-state index contributed by atoms with van der Waals surface area (Å²) in [4.78, 5) is 28.7. The highest BCUT2D eigenvalue weighted by Gasteiger charge is 2.34. The first-order chi connectivity index (χ1) is 9.65. The number of nitrogens with zero attached hydrogens (tertiary/aromatic N) is 2. The molecule has 1 aromatic carbocycles. The molecular weight excluding hydrogens is 256 g/mol. The maximum absolute atomic E-state index is 11.9. The number of pyridine rings is 1. The van der Waals surface area contributed by atoms with E-state index in [0.717, 1.165) is 16.5 Å². The second kappa shape index (κ2) is 4.92. The number of para-hydroxylation sites is 1. The number of rotatable bonds is 3. The van der Waals surface area contributed by atoms with Crippen LogP contribution >= 0.6 is 0 Å². The van der Waals surface area contributed by atoms with Gasteiger partial charge in [0.1, 0.15) is 0 Å². The summed E-state index contributed by atoms with van der Waals surface area (Å²) in [6.45, 7) is 0.719. The third-order valence-corrected chi connectivity index (χ3v) is 3.66. The number of aromatic nitrogens is 1. The van der Waals surface area contributed by atoms with Crippen LogP contribution in [-0.4, -0.2) is 33.4 Å². The number of carboxylic acids is 1. The van der Waals surface area contributed by atoms with Crippen molar-refractivity contribution in [3.8, 4) is 0 Å². The third kappa shape index (κ3) is 2.22. The monoisotopic (exact) mass is 270 g/mol. The van der Waals surface area contributed by atoms with E-state index in [1.54, 1.807) is 11.1 Å². The number of carbonyl (C=O) groups excluding carboxylic acids is 1. The van der Waals surface area contributed by atoms with Crippen molar-refractivity contribution in [2.75, 3.05) is 6.54 Å². The minimum absolute atomic E-state index is 0.0956. The van der Waals surface area contributed by atoms with Gasteiger partial charge in [-0.15, -0.1) is 0 Å². The number of likely N-dealkylation sites (tertiary alicyclic amines) is 1. The van der Waals surface area contributed by atoms with Gasteiger partial charge in [0.2, 0.25) is 5.91 Å². The summed E-state index contributed by atoms with van der Waals surface area (Å²) in [7, 11) is 0. The van der Waals surface area contributed by atoms with Crippen LogP contribution in [-0.2, 0) is 16.1 Å². The first kappa shape index (κ1) is 12.6. The Labute approximate surface area is 115 Å². The van der Waals surface area contributed by atoms with Gasteiger partial charge >= 0.3 is 5.97 Å². The summed E-state index contributed by atoms with van der Waals surface area (Å²) < 4.78 is 0. The van der Waals surface area contributed by atoms with Crippen LogP contribution in [0.1, 0.15) is 12.0 Å². The Morgan fingerprint density at radius 1 is 1.35 bits per heavy atom. The van der Waals surface area contributed by atoms with Crippen molar-refractivity contribution in [3.05, 3.63) is 42.1 Å². The molecule has 1 aliphatic rings. The molecule has 0 spiro atoms. The average molecular weight is 270 g/mol. The molecule has 1 aliphatic heterocycles. The largest absolute Gasteiger partial charge is 0.481 e. The van der Waals surface area contributed by atoms with E-state index in [1.807, 2.05) is 30.3 Å². The first-order valence-corrected chi connectivity index (χ1v) is 6.48. The van der Waals surface area contributed by atoms with Gasteiger partial charge in [0.05, 0.1) is 11.4 Å². The van der Waals surface area contributed by atoms with Gasteiger partial charge in [0, 0.05) is 31.1 Å². The fourth-order valence-corrected chi connectivity index (χ4v) is 2.59. The minimum atomic E-state index is -0.902. The lowest BCUT2D eigenvalue weighted by molar-refractivity contribution is -0.141. The van der Waals surface area contributed by atoms with Gasteiger partial charge in [-0.3, -0.25) is 14.6 Å². The van der Waals surface area contributed by atoms with Crippen molar-refractivity contribution in [1.29, 1.82) is 0 Å². The lowest BCUT2D eigenvalue weighted by Gasteiger charge is -2.17. The molecule has 102 valence electrons. The summed E-state index contributed by atoms with van der Waals surface area (Å²) in [5.41, 5.74) is 1.88. The average Bonchev–Trinajstić information content (AvgIpc) is 2.81. The summed E-state index contributed by atoms with van der Waals surface area (Å²) in [5.74, 6) is -1.59. The van der Waals surface area contributed by atoms with E-state index in [1.165, 1.54) is 0 Å². The minimum Gasteiger partial charge on any atom is -0.481 e. The number of benzene rings is 1. The molecule has 1 unspecified atom stereocenters. The van der Waals surface area contributed by atoms with Gasteiger partial charge in [-0.1, -0.05) is 18.2 Å². The molecule has 0 saturated carbocycles. The molecule has 2 aromatic rings. The summed E-state index contributed by atoms with van der Waals surface area (Å²) in [5, 5.41) is 10.00. The van der Waals surface area contributed by atoms with E-state index in [2.05, 4.69) is 4.98 Å². The summed E-state index contributed by atoms with van der Waals surface area (Å²) in [6, 6.07) is 9.61. The number of carboxylic acid groups (broad SMARTS) is 1. The summed E-state index contributed by atoms with van der Waals surface area (Å²) in [6.07, 6.45) is 1.81. The van der Waals surface area contributed by atoms with Crippen molar-refractivity contribution in [2.24, 2.45) is 5.92 Å². The van der Waals surface area contributed by atoms with Gasteiger partial charge in [-0.2, -0.15) is 0 Å². The maximum atomic E-state index is 11.9. The van der Waals surface area contributed by atoms with E-state index in [-0.39, 0.29) is 18.9 Å². The molecule has 5 nitrogen and oxygen atoms in total. The zero-order chi connectivity index (χ0) is 14.1. The highest BCUT2D eigenvalue weighted by atomic mass is 16.4. The Bertz CT molecular complexity index is 678. The Balaban J connectivity index is 1.87. The quantitative estimate of drug-likeness (QED) is 0.921. The van der Waals surface area contributed by atoms with Crippen LogP contribution in [0.15, 0.2) is 36.5 Å². The molecule has 2 heterocycles. The molecular formula is C15H14N2O3. The zero-order valence-electron chi connectivity index (χ0n) is 10.8. The molecule has 1 atom stereocenters. The van der Waals surface area contributed by atoms with Crippen LogP contribution < -0.4 is 0 Å². The summed E-state index contributed by atoms with van der Waals surface area (Å²) >= 11 is 0. The molecule has 1 amide bonds. The van der Waals surface area contributed by atoms with Crippen molar-refractivity contribution in [1.82, 2.24) is 9.88 Å². The first-order valence-electron chi connectivity index (χ1n) is 6.48. The molecule has 0 aliphatic carbocycles. The van der Waals surface area contributed by atoms with E-state index in [0.29, 0.717) is 6.54 Å². The van der Waals surface area contributed by atoms with Gasteiger partial charge in [-0.25, -0.2) is 0 Å². The van der Waals surface area contributed by atoms with E-state index >= 15 is 0 Å². The Morgan fingerprint density at radius 3 is 2.90 bits per heavy atom. The van der Waals surface area contributed by atoms with Gasteiger partial charge < -0.3 is 10.0 Å². The molecule has 20 heavy (non-hydrogen) atoms. The second-order valence-corrected chi connectivity index (χ2v) is 5.00. The molecule has 1 fully saturated rings. The molecule has 5 heteroatoms. The van der Waals surface area contributed by atoms with Crippen LogP contribution in [0.2, 0.25) is 0 Å². The van der Waals surface area contributed by atoms with Crippen molar-refractivity contribution in [3.63, 3.8) is 0 Å². The highest BCUT2D eigenvalue weighted by Crippen LogP contribution is 2.23. The van der Waals surface area contributed by atoms with E-state index < -0.39 is 11.9 Å². The highest BCUT2D eigenvalue weighted by molar-refractivity contribution is 5.87. The standard InChI is InChI=1S/C15H14N2O3/c18-14-7-11(15(19)20)9-17(14)8-10-5-6-16-13-4-2-1-3-12(10)13/h1-6,11H,7-9H2,(H,19,20). The Hall–Kier alpha value is -2.43. The molecule has 0 radical (unpaired) electrons. The smallest absolute Gasteiger partial charge is 0.308 e. The lowest BCUT2D eigenvalue weighted by Crippen LogP contribution is -2.25. The van der Waals surface area contributed by atoms with Crippen LogP contribution in [0.5, 0.6) is 0 Å². The maximum Gasteiger partial charge on any atom is 0.308 e. The number of aliphatic carboxylic acids is 1. The van der Waals surface area contributed by atoms with Crippen molar-refractivity contribution < 1.29 is 14.7 Å². The van der Waals surface area contributed by atoms with Gasteiger partial charge in [0.15, 0.2) is 0 Å². The number of amides is 1. The van der Waals surface area contributed by atoms with E-state index in [4.69, 9.17) is 5.11 Å². The zero-order valence-corrected chi connectivity index (χ0v) is 10.8. The molecule has 1 N–H and O–H groups in total. The fourth-order valence-electron chi connectivity index (χ4n) is 2.59. The molecule has 0 bridgehead atoms. The van der Waals surface area contributed by atoms with Crippen molar-refractivity contribution >= 4 is 22.8 Å². The van der Waals surface area contributed by atoms with E-state index in [9.17, 15) is 9.59 Å².